The van der Waals surface area contributed by atoms with Crippen LogP contribution in [0.15, 0.2) is 60.7 Å². The van der Waals surface area contributed by atoms with Gasteiger partial charge in [-0.25, -0.2) is 23.8 Å². The van der Waals surface area contributed by atoms with Gasteiger partial charge >= 0.3 is 12.1 Å². The Hall–Kier alpha value is -5.21. The molecule has 1 unspecified atom stereocenters. The van der Waals surface area contributed by atoms with Crippen LogP contribution in [0.1, 0.15) is 43.1 Å². The lowest BCUT2D eigenvalue weighted by molar-refractivity contribution is -0.191. The van der Waals surface area contributed by atoms with Gasteiger partial charge in [0.05, 0.1) is 12.7 Å². The van der Waals surface area contributed by atoms with Gasteiger partial charge in [-0.05, 0) is 55.0 Å². The van der Waals surface area contributed by atoms with Gasteiger partial charge in [0.15, 0.2) is 30.9 Å². The van der Waals surface area contributed by atoms with Crippen molar-refractivity contribution in [2.75, 3.05) is 48.0 Å². The fraction of sp³-hybridized carbons (Fsp3) is 0.290. The Morgan fingerprint density at radius 1 is 0.800 bits per heavy atom. The number of methoxy groups -OCH3 is 3. The van der Waals surface area contributed by atoms with E-state index in [1.54, 1.807) is 24.3 Å². The first-order valence-corrected chi connectivity index (χ1v) is 13.6. The number of benzene rings is 3. The van der Waals surface area contributed by atoms with Crippen molar-refractivity contribution in [2.45, 2.75) is 12.5 Å². The molecule has 45 heavy (non-hydrogen) atoms. The second-order valence-corrected chi connectivity index (χ2v) is 9.61. The molecule has 1 aliphatic rings. The van der Waals surface area contributed by atoms with Crippen molar-refractivity contribution >= 4 is 23.8 Å². The Bertz CT molecular complexity index is 1510. The highest BCUT2D eigenvalue weighted by Crippen LogP contribution is 2.31. The number of hydrogen-bond acceptors (Lipinski definition) is 11. The number of hydrogen-bond donors (Lipinski definition) is 1. The van der Waals surface area contributed by atoms with Gasteiger partial charge in [-0.2, -0.15) is 0 Å². The molecule has 1 aliphatic heterocycles. The van der Waals surface area contributed by atoms with E-state index >= 15 is 0 Å². The first kappa shape index (κ1) is 32.7. The predicted octanol–water partition coefficient (Wildman–Crippen LogP) is 3.74. The monoisotopic (exact) mass is 626 g/mol. The van der Waals surface area contributed by atoms with Crippen LogP contribution in [-0.2, 0) is 19.2 Å². The molecule has 1 N–H and O–H groups in total. The molecule has 3 aromatic carbocycles. The second kappa shape index (κ2) is 15.5. The van der Waals surface area contributed by atoms with Crippen molar-refractivity contribution in [3.63, 3.8) is 0 Å². The molecule has 2 amide bonds. The third kappa shape index (κ3) is 8.25. The summed E-state index contributed by atoms with van der Waals surface area (Å²) in [5.41, 5.74) is 0.0437. The molecule has 238 valence electrons. The topological polar surface area (TPSA) is 148 Å². The Kier molecular flexibility index (Phi) is 11.3. The quantitative estimate of drug-likeness (QED) is 0.136. The smallest absolute Gasteiger partial charge is 0.453 e. The van der Waals surface area contributed by atoms with Crippen LogP contribution in [-0.4, -0.2) is 82.7 Å². The lowest BCUT2D eigenvalue weighted by Gasteiger charge is -2.16. The molecule has 0 radical (unpaired) electrons. The van der Waals surface area contributed by atoms with E-state index in [-0.39, 0.29) is 66.8 Å². The number of carbonyl (C=O) groups is 4. The zero-order valence-electron chi connectivity index (χ0n) is 24.7. The number of carbonyl (C=O) groups excluding carboxylic acids is 4. The van der Waals surface area contributed by atoms with Gasteiger partial charge in [-0.3, -0.25) is 9.59 Å². The van der Waals surface area contributed by atoms with E-state index in [0.29, 0.717) is 17.7 Å². The molecule has 14 heteroatoms. The number of amides is 2. The summed E-state index contributed by atoms with van der Waals surface area (Å²) in [6, 6.07) is 13.9. The highest BCUT2D eigenvalue weighted by molar-refractivity contribution is 6.11. The first-order valence-electron chi connectivity index (χ1n) is 13.6. The zero-order valence-corrected chi connectivity index (χ0v) is 24.7. The zero-order chi connectivity index (χ0) is 32.3. The van der Waals surface area contributed by atoms with Gasteiger partial charge in [-0.15, -0.1) is 0 Å². The molecule has 1 heterocycles. The molecule has 4 rings (SSSR count). The molecule has 0 bridgehead atoms. The molecular weight excluding hydrogens is 595 g/mol. The van der Waals surface area contributed by atoms with E-state index in [1.165, 1.54) is 62.6 Å². The number of likely N-dealkylation sites (tertiary alicyclic amines) is 1. The van der Waals surface area contributed by atoms with Gasteiger partial charge in [-0.1, -0.05) is 12.1 Å². The third-order valence-electron chi connectivity index (χ3n) is 6.66. The maximum absolute atomic E-state index is 15.0. The molecule has 0 aromatic heterocycles. The van der Waals surface area contributed by atoms with Crippen LogP contribution in [0.3, 0.4) is 0 Å². The lowest BCUT2D eigenvalue weighted by atomic mass is 10.00. The van der Waals surface area contributed by atoms with Crippen LogP contribution in [0.4, 0.5) is 9.18 Å². The minimum atomic E-state index is -0.999. The molecule has 13 nitrogen and oxygen atoms in total. The molecule has 0 aliphatic carbocycles. The van der Waals surface area contributed by atoms with Crippen LogP contribution in [0.2, 0.25) is 0 Å². The minimum Gasteiger partial charge on any atom is -0.494 e. The SMILES string of the molecule is COCOc1ccc(C(=O)NC2CCN(C(=O)OOC(=O)c3ccc(C(=O)c4c(OCOC)ccc(OC)c4F)cc3)C2)cc1. The Labute approximate surface area is 257 Å². The lowest BCUT2D eigenvalue weighted by Crippen LogP contribution is -2.38. The van der Waals surface area contributed by atoms with Gasteiger partial charge < -0.3 is 33.9 Å². The summed E-state index contributed by atoms with van der Waals surface area (Å²) >= 11 is 0. The molecule has 1 atom stereocenters. The predicted molar refractivity (Wildman–Crippen MR) is 154 cm³/mol. The molecule has 3 aromatic rings. The van der Waals surface area contributed by atoms with E-state index < -0.39 is 23.7 Å². The van der Waals surface area contributed by atoms with Crippen molar-refractivity contribution in [3.8, 4) is 17.2 Å². The first-order chi connectivity index (χ1) is 21.7. The number of nitrogens with one attached hydrogen (secondary N) is 1. The Balaban J connectivity index is 1.29. The fourth-order valence-electron chi connectivity index (χ4n) is 4.37. The summed E-state index contributed by atoms with van der Waals surface area (Å²) in [5, 5.41) is 2.85. The summed E-state index contributed by atoms with van der Waals surface area (Å²) in [6.07, 6.45) is -0.450. The van der Waals surface area contributed by atoms with Gasteiger partial charge in [0.2, 0.25) is 0 Å². The summed E-state index contributed by atoms with van der Waals surface area (Å²) in [4.78, 5) is 61.4. The highest BCUT2D eigenvalue weighted by Gasteiger charge is 2.30. The third-order valence-corrected chi connectivity index (χ3v) is 6.66. The van der Waals surface area contributed by atoms with Gasteiger partial charge in [0, 0.05) is 44.5 Å². The van der Waals surface area contributed by atoms with Gasteiger partial charge in [0.1, 0.15) is 17.1 Å². The van der Waals surface area contributed by atoms with Crippen LogP contribution in [0, 0.1) is 5.82 Å². The van der Waals surface area contributed by atoms with E-state index in [4.69, 9.17) is 33.5 Å². The largest absolute Gasteiger partial charge is 0.494 e. The Morgan fingerprint density at radius 2 is 1.42 bits per heavy atom. The number of nitrogens with zero attached hydrogens (tertiary/aromatic N) is 1. The maximum atomic E-state index is 15.0. The average Bonchev–Trinajstić information content (AvgIpc) is 3.53. The maximum Gasteiger partial charge on any atom is 0.453 e. The normalized spacial score (nSPS) is 14.0. The van der Waals surface area contributed by atoms with Crippen molar-refractivity contribution in [1.82, 2.24) is 10.2 Å². The molecule has 1 saturated heterocycles. The van der Waals surface area contributed by atoms with E-state index in [0.717, 1.165) is 0 Å². The number of ether oxygens (including phenoxy) is 5. The summed E-state index contributed by atoms with van der Waals surface area (Å²) in [5.74, 6) is -2.63. The van der Waals surface area contributed by atoms with E-state index in [1.807, 2.05) is 0 Å². The van der Waals surface area contributed by atoms with Crippen LogP contribution < -0.4 is 19.5 Å². The summed E-state index contributed by atoms with van der Waals surface area (Å²) in [7, 11) is 4.14. The molecule has 0 spiro atoms. The summed E-state index contributed by atoms with van der Waals surface area (Å²) in [6.45, 7) is 0.273. The minimum absolute atomic E-state index is 0.0356. The molecule has 0 saturated carbocycles. The van der Waals surface area contributed by atoms with Crippen molar-refractivity contribution in [3.05, 3.63) is 88.7 Å². The number of rotatable bonds is 12. The van der Waals surface area contributed by atoms with E-state index in [2.05, 4.69) is 5.32 Å². The summed E-state index contributed by atoms with van der Waals surface area (Å²) < 4.78 is 40.3. The number of ketones is 1. The highest BCUT2D eigenvalue weighted by atomic mass is 19.1. The van der Waals surface area contributed by atoms with Crippen molar-refractivity contribution in [2.24, 2.45) is 0 Å². The van der Waals surface area contributed by atoms with Crippen LogP contribution in [0.25, 0.3) is 0 Å². The van der Waals surface area contributed by atoms with Crippen molar-refractivity contribution in [1.29, 1.82) is 0 Å². The molecule has 1 fully saturated rings. The van der Waals surface area contributed by atoms with Gasteiger partial charge in [0.25, 0.3) is 5.91 Å². The average molecular weight is 627 g/mol. The fourth-order valence-corrected chi connectivity index (χ4v) is 4.37. The van der Waals surface area contributed by atoms with Crippen LogP contribution in [0.5, 0.6) is 17.2 Å². The molecular formula is C31H31FN2O11. The standard InChI is InChI=1S/C31H31FN2O11/c1-39-17-42-23-10-8-20(9-11-23)29(36)33-22-14-15-34(16-22)31(38)45-44-30(37)21-6-4-19(5-7-21)28(35)26-24(43-18-40-2)12-13-25(41-3)27(26)32/h4-13,22H,14-18H2,1-3H3,(H,33,36). The second-order valence-electron chi connectivity index (χ2n) is 9.61. The van der Waals surface area contributed by atoms with E-state index in [9.17, 15) is 23.6 Å². The Morgan fingerprint density at radius 3 is 2.09 bits per heavy atom. The van der Waals surface area contributed by atoms with Crippen molar-refractivity contribution < 1.29 is 57.0 Å². The van der Waals surface area contributed by atoms with Crippen LogP contribution >= 0.6 is 0 Å². The number of halogens is 1.